The zero-order valence-electron chi connectivity index (χ0n) is 24.8. The lowest BCUT2D eigenvalue weighted by atomic mass is 9.68. The van der Waals surface area contributed by atoms with Crippen LogP contribution in [0.1, 0.15) is 53.6 Å². The number of hydrogen-bond acceptors (Lipinski definition) is 6. The van der Waals surface area contributed by atoms with Gasteiger partial charge in [-0.05, 0) is 91.6 Å². The topological polar surface area (TPSA) is 125 Å². The fourth-order valence-corrected chi connectivity index (χ4v) is 7.12. The number of alkyl halides is 3. The molecule has 0 bridgehead atoms. The van der Waals surface area contributed by atoms with Crippen LogP contribution >= 0.6 is 0 Å². The smallest absolute Gasteiger partial charge is 0.385 e. The molecule has 3 aromatic carbocycles. The van der Waals surface area contributed by atoms with Gasteiger partial charge < -0.3 is 21.1 Å². The van der Waals surface area contributed by atoms with E-state index in [0.717, 1.165) is 34.9 Å². The second kappa shape index (κ2) is 12.6. The number of rotatable bonds is 8. The van der Waals surface area contributed by atoms with Gasteiger partial charge in [0, 0.05) is 18.4 Å². The van der Waals surface area contributed by atoms with E-state index in [0.29, 0.717) is 45.2 Å². The lowest BCUT2D eigenvalue weighted by molar-refractivity contribution is -0.137. The fraction of sp³-hybridized carbons (Fsp3) is 0.394. The van der Waals surface area contributed by atoms with E-state index in [2.05, 4.69) is 16.0 Å². The summed E-state index contributed by atoms with van der Waals surface area (Å²) in [6, 6.07) is 18.3. The third kappa shape index (κ3) is 7.40. The van der Waals surface area contributed by atoms with Gasteiger partial charge in [0.25, 0.3) is 5.91 Å². The Balaban J connectivity index is 1.19. The molecule has 4 N–H and O–H groups in total. The molecule has 0 unspecified atom stereocenters. The molecule has 1 aliphatic carbocycles. The Morgan fingerprint density at radius 3 is 2.13 bits per heavy atom. The highest BCUT2D eigenvalue weighted by atomic mass is 32.2. The van der Waals surface area contributed by atoms with Gasteiger partial charge in [0.05, 0.1) is 28.1 Å². The molecule has 3 aromatic rings. The summed E-state index contributed by atoms with van der Waals surface area (Å²) in [5, 5.41) is 20.4. The van der Waals surface area contributed by atoms with Crippen LogP contribution in [0.25, 0.3) is 11.1 Å². The number of sulfone groups is 1. The van der Waals surface area contributed by atoms with Crippen molar-refractivity contribution in [1.29, 1.82) is 0 Å². The summed E-state index contributed by atoms with van der Waals surface area (Å²) in [4.78, 5) is 25.7. The van der Waals surface area contributed by atoms with E-state index in [1.807, 2.05) is 24.3 Å². The van der Waals surface area contributed by atoms with Gasteiger partial charge in [-0.1, -0.05) is 42.5 Å². The average Bonchev–Trinajstić information content (AvgIpc) is 3.49. The lowest BCUT2D eigenvalue weighted by Gasteiger charge is -2.44. The second-order valence-electron chi connectivity index (χ2n) is 12.1. The van der Waals surface area contributed by atoms with Crippen molar-refractivity contribution in [3.8, 4) is 11.1 Å². The Kier molecular flexibility index (Phi) is 9.12. The number of carbonyl (C=O) groups is 2. The molecule has 0 aromatic heterocycles. The van der Waals surface area contributed by atoms with E-state index in [1.54, 1.807) is 24.3 Å². The molecule has 0 radical (unpaired) electrons. The molecule has 1 aliphatic heterocycles. The quantitative estimate of drug-likeness (QED) is 0.288. The molecule has 12 heteroatoms. The predicted octanol–water partition coefficient (Wildman–Crippen LogP) is 4.43. The summed E-state index contributed by atoms with van der Waals surface area (Å²) < 4.78 is 62.6. The first-order chi connectivity index (χ1) is 21.2. The fourth-order valence-electron chi connectivity index (χ4n) is 6.49. The molecular weight excluding hydrogens is 607 g/mol. The van der Waals surface area contributed by atoms with Gasteiger partial charge in [-0.3, -0.25) is 9.59 Å². The van der Waals surface area contributed by atoms with Crippen LogP contribution in [-0.4, -0.2) is 56.8 Å². The Morgan fingerprint density at radius 2 is 1.58 bits per heavy atom. The Hall–Kier alpha value is -3.74. The first-order valence-electron chi connectivity index (χ1n) is 14.8. The highest BCUT2D eigenvalue weighted by Gasteiger charge is 2.46. The summed E-state index contributed by atoms with van der Waals surface area (Å²) in [5.41, 5.74) is -0.175. The van der Waals surface area contributed by atoms with Gasteiger partial charge in [-0.15, -0.1) is 0 Å². The highest BCUT2D eigenvalue weighted by Crippen LogP contribution is 2.45. The second-order valence-corrected chi connectivity index (χ2v) is 14.1. The molecule has 1 heterocycles. The number of amides is 2. The SMILES string of the molecule is CS(=O)(=O)c1ccc(-c2ccc(C3(O)CCC([C@]4(NC(=O)CNC(=O)c5cccc(C(F)(F)F)c5)CCNC4)CC3)cc2)cc1. The van der Waals surface area contributed by atoms with Crippen LogP contribution in [0.5, 0.6) is 0 Å². The standard InChI is InChI=1S/C33H36F3N3O5S/c1-45(43,44)28-11-7-23(8-12-28)22-5-9-26(10-6-22)32(42)15-13-25(14-16-32)31(17-18-37-21-31)39-29(40)20-38-30(41)24-3-2-4-27(19-24)33(34,35)36/h2-12,19,25,37,42H,13-18,20-21H2,1H3,(H,38,41)(H,39,40)/t25?,31-,32?/m0/s1. The van der Waals surface area contributed by atoms with Crippen LogP contribution in [0.4, 0.5) is 13.2 Å². The van der Waals surface area contributed by atoms with Gasteiger partial charge in [-0.25, -0.2) is 8.42 Å². The van der Waals surface area contributed by atoms with E-state index >= 15 is 0 Å². The average molecular weight is 644 g/mol. The molecule has 2 aliphatic rings. The van der Waals surface area contributed by atoms with Crippen molar-refractivity contribution in [1.82, 2.24) is 16.0 Å². The van der Waals surface area contributed by atoms with Crippen LogP contribution in [0.15, 0.2) is 77.7 Å². The van der Waals surface area contributed by atoms with Gasteiger partial charge in [0.2, 0.25) is 5.91 Å². The molecule has 1 saturated heterocycles. The Bertz CT molecular complexity index is 1640. The summed E-state index contributed by atoms with van der Waals surface area (Å²) >= 11 is 0. The molecule has 5 rings (SSSR count). The van der Waals surface area contributed by atoms with Crippen molar-refractivity contribution >= 4 is 21.7 Å². The highest BCUT2D eigenvalue weighted by molar-refractivity contribution is 7.90. The molecule has 1 atom stereocenters. The molecule has 240 valence electrons. The molecule has 2 fully saturated rings. The maximum atomic E-state index is 13.0. The summed E-state index contributed by atoms with van der Waals surface area (Å²) in [5.74, 6) is -1.13. The van der Waals surface area contributed by atoms with Crippen molar-refractivity contribution in [3.63, 3.8) is 0 Å². The number of nitrogens with one attached hydrogen (secondary N) is 3. The van der Waals surface area contributed by atoms with Crippen molar-refractivity contribution < 1.29 is 36.3 Å². The zero-order chi connectivity index (χ0) is 32.5. The third-order valence-electron chi connectivity index (χ3n) is 9.07. The van der Waals surface area contributed by atoms with Crippen LogP contribution in [0.3, 0.4) is 0 Å². The molecule has 8 nitrogen and oxygen atoms in total. The van der Waals surface area contributed by atoms with Gasteiger partial charge in [-0.2, -0.15) is 13.2 Å². The predicted molar refractivity (Wildman–Crippen MR) is 163 cm³/mol. The number of hydrogen-bond donors (Lipinski definition) is 4. The largest absolute Gasteiger partial charge is 0.416 e. The minimum absolute atomic E-state index is 0.0727. The molecule has 45 heavy (non-hydrogen) atoms. The number of halogens is 3. The van der Waals surface area contributed by atoms with Crippen molar-refractivity contribution in [3.05, 3.63) is 89.5 Å². The molecule has 2 amide bonds. The minimum Gasteiger partial charge on any atom is -0.385 e. The van der Waals surface area contributed by atoms with Crippen LogP contribution in [-0.2, 0) is 26.4 Å². The normalized spacial score (nSPS) is 23.8. The maximum Gasteiger partial charge on any atom is 0.416 e. The summed E-state index contributed by atoms with van der Waals surface area (Å²) in [6.45, 7) is 0.858. The van der Waals surface area contributed by atoms with Gasteiger partial charge in [0.1, 0.15) is 0 Å². The number of benzene rings is 3. The van der Waals surface area contributed by atoms with Crippen molar-refractivity contribution in [2.45, 2.75) is 54.3 Å². The first-order valence-corrected chi connectivity index (χ1v) is 16.7. The van der Waals surface area contributed by atoms with Gasteiger partial charge >= 0.3 is 6.18 Å². The Morgan fingerprint density at radius 1 is 0.956 bits per heavy atom. The minimum atomic E-state index is -4.58. The number of aliphatic hydroxyl groups is 1. The van der Waals surface area contributed by atoms with Crippen LogP contribution in [0.2, 0.25) is 0 Å². The van der Waals surface area contributed by atoms with E-state index in [9.17, 15) is 36.3 Å². The van der Waals surface area contributed by atoms with Gasteiger partial charge in [0.15, 0.2) is 9.84 Å². The van der Waals surface area contributed by atoms with E-state index in [1.165, 1.54) is 12.3 Å². The van der Waals surface area contributed by atoms with Crippen LogP contribution in [0, 0.1) is 5.92 Å². The summed E-state index contributed by atoms with van der Waals surface area (Å²) in [7, 11) is -3.28. The molecule has 1 saturated carbocycles. The zero-order valence-corrected chi connectivity index (χ0v) is 25.6. The van der Waals surface area contributed by atoms with Crippen molar-refractivity contribution in [2.24, 2.45) is 5.92 Å². The molecular formula is C33H36F3N3O5S. The number of carbonyl (C=O) groups excluding carboxylic acids is 2. The lowest BCUT2D eigenvalue weighted by Crippen LogP contribution is -2.58. The first kappa shape index (κ1) is 32.6. The van der Waals surface area contributed by atoms with Crippen LogP contribution < -0.4 is 16.0 Å². The van der Waals surface area contributed by atoms with E-state index in [-0.39, 0.29) is 22.9 Å². The monoisotopic (exact) mass is 643 g/mol. The van der Waals surface area contributed by atoms with Crippen molar-refractivity contribution in [2.75, 3.05) is 25.9 Å². The third-order valence-corrected chi connectivity index (χ3v) is 10.2. The summed E-state index contributed by atoms with van der Waals surface area (Å²) in [6.07, 6.45) is -0.447. The Labute approximate surface area is 260 Å². The molecule has 0 spiro atoms. The maximum absolute atomic E-state index is 13.0. The van der Waals surface area contributed by atoms with E-state index in [4.69, 9.17) is 0 Å². The van der Waals surface area contributed by atoms with E-state index < -0.39 is 44.5 Å².